The SMILES string of the molecule is CC(C)(C)C#Cc1cc(NC2CCC(O)(CO[C@H]3CCOC3)CC2)cs1. The van der Waals surface area contributed by atoms with Crippen molar-refractivity contribution in [1.82, 2.24) is 0 Å². The van der Waals surface area contributed by atoms with Crippen molar-refractivity contribution in [3.8, 4) is 11.8 Å². The van der Waals surface area contributed by atoms with Crippen molar-refractivity contribution in [2.75, 3.05) is 25.1 Å². The van der Waals surface area contributed by atoms with Crippen molar-refractivity contribution in [2.45, 2.75) is 70.6 Å². The third-order valence-electron chi connectivity index (χ3n) is 4.92. The molecule has 0 bridgehead atoms. The smallest absolute Gasteiger partial charge is 0.0881 e. The standard InChI is InChI=1S/C21H31NO3S/c1-20(2,3)8-6-19-12-17(14-26-19)22-16-4-9-21(23,10-5-16)15-25-18-7-11-24-13-18/h12,14,16,18,22-23H,4-5,7,9-11,13,15H2,1-3H3/t16?,18-,21?/m0/s1. The summed E-state index contributed by atoms with van der Waals surface area (Å²) in [5.41, 5.74) is 0.486. The molecule has 5 heteroatoms. The molecule has 0 spiro atoms. The maximum absolute atomic E-state index is 10.8. The van der Waals surface area contributed by atoms with Crippen LogP contribution >= 0.6 is 11.3 Å². The molecule has 0 aromatic carbocycles. The van der Waals surface area contributed by atoms with Gasteiger partial charge < -0.3 is 19.9 Å². The third-order valence-corrected chi connectivity index (χ3v) is 5.77. The summed E-state index contributed by atoms with van der Waals surface area (Å²) in [5, 5.41) is 16.5. The minimum absolute atomic E-state index is 0.0259. The molecule has 1 saturated heterocycles. The minimum Gasteiger partial charge on any atom is -0.387 e. The topological polar surface area (TPSA) is 50.7 Å². The van der Waals surface area contributed by atoms with Crippen LogP contribution in [0.2, 0.25) is 0 Å². The van der Waals surface area contributed by atoms with Crippen LogP contribution < -0.4 is 5.32 Å². The number of aliphatic hydroxyl groups is 1. The maximum atomic E-state index is 10.8. The van der Waals surface area contributed by atoms with Gasteiger partial charge in [0, 0.05) is 29.1 Å². The lowest BCUT2D eigenvalue weighted by atomic mass is 9.82. The van der Waals surface area contributed by atoms with Gasteiger partial charge in [-0.2, -0.15) is 0 Å². The summed E-state index contributed by atoms with van der Waals surface area (Å²) in [5.74, 6) is 6.54. The van der Waals surface area contributed by atoms with Crippen molar-refractivity contribution in [3.05, 3.63) is 16.3 Å². The molecule has 0 radical (unpaired) electrons. The molecule has 4 nitrogen and oxygen atoms in total. The van der Waals surface area contributed by atoms with Gasteiger partial charge in [0.2, 0.25) is 0 Å². The zero-order valence-corrected chi connectivity index (χ0v) is 17.0. The van der Waals surface area contributed by atoms with Crippen molar-refractivity contribution in [2.24, 2.45) is 5.41 Å². The zero-order valence-electron chi connectivity index (χ0n) is 16.1. The molecule has 3 rings (SSSR count). The Morgan fingerprint density at radius 1 is 1.35 bits per heavy atom. The molecule has 2 fully saturated rings. The Kier molecular flexibility index (Phi) is 6.29. The van der Waals surface area contributed by atoms with E-state index in [4.69, 9.17) is 9.47 Å². The predicted molar refractivity (Wildman–Crippen MR) is 107 cm³/mol. The molecule has 2 aliphatic rings. The highest BCUT2D eigenvalue weighted by Crippen LogP contribution is 2.32. The van der Waals surface area contributed by atoms with E-state index in [0.717, 1.165) is 49.3 Å². The van der Waals surface area contributed by atoms with Crippen LogP contribution in [0.5, 0.6) is 0 Å². The average molecular weight is 378 g/mol. The van der Waals surface area contributed by atoms with Gasteiger partial charge in [0.05, 0.1) is 29.8 Å². The number of hydrogen-bond donors (Lipinski definition) is 2. The van der Waals surface area contributed by atoms with Gasteiger partial charge >= 0.3 is 0 Å². The molecule has 1 atom stereocenters. The van der Waals surface area contributed by atoms with Gasteiger partial charge in [0.1, 0.15) is 0 Å². The Bertz CT molecular complexity index is 638. The van der Waals surface area contributed by atoms with Crippen molar-refractivity contribution in [3.63, 3.8) is 0 Å². The number of rotatable bonds is 5. The summed E-state index contributed by atoms with van der Waals surface area (Å²) in [4.78, 5) is 1.10. The van der Waals surface area contributed by atoms with E-state index in [2.05, 4.69) is 49.4 Å². The highest BCUT2D eigenvalue weighted by molar-refractivity contribution is 7.11. The number of anilines is 1. The fraction of sp³-hybridized carbons (Fsp3) is 0.714. The van der Waals surface area contributed by atoms with Crippen LogP contribution in [0.3, 0.4) is 0 Å². The van der Waals surface area contributed by atoms with Gasteiger partial charge in [-0.3, -0.25) is 0 Å². The van der Waals surface area contributed by atoms with Crippen LogP contribution in [0.1, 0.15) is 57.8 Å². The van der Waals surface area contributed by atoms with E-state index >= 15 is 0 Å². The van der Waals surface area contributed by atoms with Crippen LogP contribution in [0.15, 0.2) is 11.4 Å². The molecular formula is C21H31NO3S. The summed E-state index contributed by atoms with van der Waals surface area (Å²) in [6.45, 7) is 8.24. The Morgan fingerprint density at radius 3 is 2.77 bits per heavy atom. The van der Waals surface area contributed by atoms with Crippen LogP contribution in [0.4, 0.5) is 5.69 Å². The lowest BCUT2D eigenvalue weighted by molar-refractivity contribution is -0.0916. The normalized spacial score (nSPS) is 29.2. The third kappa shape index (κ3) is 5.99. The van der Waals surface area contributed by atoms with Gasteiger partial charge in [0.15, 0.2) is 0 Å². The van der Waals surface area contributed by atoms with Crippen LogP contribution in [0.25, 0.3) is 0 Å². The van der Waals surface area contributed by atoms with Gasteiger partial charge in [-0.25, -0.2) is 0 Å². The van der Waals surface area contributed by atoms with E-state index in [-0.39, 0.29) is 11.5 Å². The summed E-state index contributed by atoms with van der Waals surface area (Å²) >= 11 is 1.68. The number of ether oxygens (including phenoxy) is 2. The number of nitrogens with one attached hydrogen (secondary N) is 1. The Balaban J connectivity index is 1.44. The molecule has 0 amide bonds. The second kappa shape index (κ2) is 8.31. The van der Waals surface area contributed by atoms with E-state index < -0.39 is 5.60 Å². The highest BCUT2D eigenvalue weighted by Gasteiger charge is 2.34. The van der Waals surface area contributed by atoms with Crippen LogP contribution in [-0.2, 0) is 9.47 Å². The molecule has 26 heavy (non-hydrogen) atoms. The Morgan fingerprint density at radius 2 is 2.12 bits per heavy atom. The molecule has 1 aromatic heterocycles. The first-order chi connectivity index (χ1) is 12.3. The summed E-state index contributed by atoms with van der Waals surface area (Å²) < 4.78 is 11.2. The molecule has 144 valence electrons. The quantitative estimate of drug-likeness (QED) is 0.761. The van der Waals surface area contributed by atoms with Gasteiger partial charge in [-0.05, 0) is 58.9 Å². The highest BCUT2D eigenvalue weighted by atomic mass is 32.1. The molecule has 2 heterocycles. The van der Waals surface area contributed by atoms with E-state index in [9.17, 15) is 5.11 Å². The first-order valence-corrected chi connectivity index (χ1v) is 10.5. The van der Waals surface area contributed by atoms with Crippen LogP contribution in [0, 0.1) is 17.3 Å². The number of hydrogen-bond acceptors (Lipinski definition) is 5. The number of thiophene rings is 1. The Hall–Kier alpha value is -1.06. The fourth-order valence-corrected chi connectivity index (χ4v) is 4.02. The van der Waals surface area contributed by atoms with E-state index in [1.807, 2.05) is 0 Å². The van der Waals surface area contributed by atoms with Crippen molar-refractivity contribution >= 4 is 17.0 Å². The molecule has 0 unspecified atom stereocenters. The molecule has 1 saturated carbocycles. The summed E-state index contributed by atoms with van der Waals surface area (Å²) in [6.07, 6.45) is 4.57. The second-order valence-electron chi connectivity index (χ2n) is 8.64. The van der Waals surface area contributed by atoms with E-state index in [1.54, 1.807) is 11.3 Å². The minimum atomic E-state index is -0.682. The average Bonchev–Trinajstić information content (AvgIpc) is 3.25. The van der Waals surface area contributed by atoms with Gasteiger partial charge in [0.25, 0.3) is 0 Å². The van der Waals surface area contributed by atoms with E-state index in [0.29, 0.717) is 19.3 Å². The largest absolute Gasteiger partial charge is 0.387 e. The Labute approximate surface area is 161 Å². The van der Waals surface area contributed by atoms with Crippen molar-refractivity contribution in [1.29, 1.82) is 0 Å². The molecule has 1 aliphatic carbocycles. The zero-order chi connectivity index (χ0) is 18.6. The van der Waals surface area contributed by atoms with Gasteiger partial charge in [-0.1, -0.05) is 11.8 Å². The van der Waals surface area contributed by atoms with Crippen LogP contribution in [-0.4, -0.2) is 42.7 Å². The maximum Gasteiger partial charge on any atom is 0.0881 e. The van der Waals surface area contributed by atoms with Gasteiger partial charge in [-0.15, -0.1) is 11.3 Å². The molecule has 2 N–H and O–H groups in total. The monoisotopic (exact) mass is 377 g/mol. The molecular weight excluding hydrogens is 346 g/mol. The molecule has 1 aromatic rings. The fourth-order valence-electron chi connectivity index (χ4n) is 3.32. The molecule has 1 aliphatic heterocycles. The lowest BCUT2D eigenvalue weighted by Crippen LogP contribution is -2.42. The second-order valence-corrected chi connectivity index (χ2v) is 9.55. The lowest BCUT2D eigenvalue weighted by Gasteiger charge is -2.36. The summed E-state index contributed by atoms with van der Waals surface area (Å²) in [7, 11) is 0. The van der Waals surface area contributed by atoms with E-state index in [1.165, 1.54) is 0 Å². The predicted octanol–water partition coefficient (Wildman–Crippen LogP) is 4.04. The van der Waals surface area contributed by atoms with Crippen molar-refractivity contribution < 1.29 is 14.6 Å². The first-order valence-electron chi connectivity index (χ1n) is 9.61. The summed E-state index contributed by atoms with van der Waals surface area (Å²) in [6, 6.07) is 2.54. The first kappa shape index (κ1) is 19.7.